The first-order valence-corrected chi connectivity index (χ1v) is 11.3. The maximum atomic E-state index is 13.4. The van der Waals surface area contributed by atoms with Gasteiger partial charge in [0.15, 0.2) is 5.69 Å². The predicted molar refractivity (Wildman–Crippen MR) is 130 cm³/mol. The Morgan fingerprint density at radius 1 is 1.15 bits per heavy atom. The van der Waals surface area contributed by atoms with Crippen molar-refractivity contribution in [2.75, 3.05) is 17.2 Å². The number of fused-ring (bicyclic) bond motifs is 1. The standard InChI is InChI=1S/C23H19ClN4O4S/c1-3-32-22(30)19-17-12-33-20(26-23(31)25-15-6-4-5-14(24)11-15)18(17)21(29)28(27-19)16-9-7-13(2)8-10-16/h4-12H,3H2,1-2H3,(H2,25,26,31). The van der Waals surface area contributed by atoms with Crippen molar-refractivity contribution < 1.29 is 14.3 Å². The number of carbonyl (C=O) groups excluding carboxylic acids is 2. The topological polar surface area (TPSA) is 102 Å². The van der Waals surface area contributed by atoms with Gasteiger partial charge in [-0.05, 0) is 44.2 Å². The Morgan fingerprint density at radius 3 is 2.61 bits per heavy atom. The molecule has 0 bridgehead atoms. The molecule has 2 aromatic carbocycles. The van der Waals surface area contributed by atoms with Crippen LogP contribution in [0.5, 0.6) is 0 Å². The van der Waals surface area contributed by atoms with Crippen molar-refractivity contribution in [3.8, 4) is 5.69 Å². The van der Waals surface area contributed by atoms with E-state index in [1.54, 1.807) is 48.7 Å². The van der Waals surface area contributed by atoms with E-state index in [0.29, 0.717) is 21.8 Å². The fraction of sp³-hybridized carbons (Fsp3) is 0.130. The summed E-state index contributed by atoms with van der Waals surface area (Å²) in [4.78, 5) is 38.6. The Labute approximate surface area is 197 Å². The second-order valence-corrected chi connectivity index (χ2v) is 8.38. The van der Waals surface area contributed by atoms with Crippen LogP contribution in [0, 0.1) is 6.92 Å². The summed E-state index contributed by atoms with van der Waals surface area (Å²) in [5.74, 6) is -0.656. The van der Waals surface area contributed by atoms with Crippen LogP contribution in [0.1, 0.15) is 23.0 Å². The highest BCUT2D eigenvalue weighted by Crippen LogP contribution is 2.31. The summed E-state index contributed by atoms with van der Waals surface area (Å²) in [6, 6.07) is 13.3. The lowest BCUT2D eigenvalue weighted by Crippen LogP contribution is -2.26. The molecular formula is C23H19ClN4O4S. The molecule has 10 heteroatoms. The minimum absolute atomic E-state index is 0.00780. The van der Waals surface area contributed by atoms with Gasteiger partial charge in [-0.15, -0.1) is 11.3 Å². The number of hydrogen-bond donors (Lipinski definition) is 2. The van der Waals surface area contributed by atoms with Crippen molar-refractivity contribution in [2.24, 2.45) is 0 Å². The van der Waals surface area contributed by atoms with Crippen molar-refractivity contribution in [3.05, 3.63) is 80.5 Å². The molecule has 0 spiro atoms. The number of carbonyl (C=O) groups is 2. The summed E-state index contributed by atoms with van der Waals surface area (Å²) in [5, 5.41) is 12.5. The molecule has 4 aromatic rings. The van der Waals surface area contributed by atoms with Gasteiger partial charge in [0.25, 0.3) is 5.56 Å². The highest BCUT2D eigenvalue weighted by atomic mass is 35.5. The average molecular weight is 483 g/mol. The molecule has 0 radical (unpaired) electrons. The first kappa shape index (κ1) is 22.5. The molecule has 0 aliphatic carbocycles. The van der Waals surface area contributed by atoms with E-state index in [-0.39, 0.29) is 22.7 Å². The minimum atomic E-state index is -0.656. The maximum absolute atomic E-state index is 13.4. The van der Waals surface area contributed by atoms with Crippen LogP contribution in [0.2, 0.25) is 5.02 Å². The van der Waals surface area contributed by atoms with Crippen LogP contribution in [-0.2, 0) is 4.74 Å². The Bertz CT molecular complexity index is 1410. The Balaban J connectivity index is 1.79. The van der Waals surface area contributed by atoms with Gasteiger partial charge in [0.05, 0.1) is 17.7 Å². The van der Waals surface area contributed by atoms with Crippen LogP contribution in [0.3, 0.4) is 0 Å². The second kappa shape index (κ2) is 9.43. The lowest BCUT2D eigenvalue weighted by atomic mass is 10.2. The summed E-state index contributed by atoms with van der Waals surface area (Å²) >= 11 is 7.08. The number of nitrogens with zero attached hydrogens (tertiary/aromatic N) is 2. The lowest BCUT2D eigenvalue weighted by Gasteiger charge is -2.10. The number of halogens is 1. The van der Waals surface area contributed by atoms with Gasteiger partial charge in [0.1, 0.15) is 5.00 Å². The number of thiophene rings is 1. The molecule has 0 saturated carbocycles. The van der Waals surface area contributed by atoms with E-state index in [1.165, 1.54) is 0 Å². The van der Waals surface area contributed by atoms with E-state index < -0.39 is 17.6 Å². The molecule has 168 valence electrons. The zero-order chi connectivity index (χ0) is 23.5. The normalized spacial score (nSPS) is 10.8. The molecule has 8 nitrogen and oxygen atoms in total. The number of esters is 1. The van der Waals surface area contributed by atoms with Crippen molar-refractivity contribution in [2.45, 2.75) is 13.8 Å². The third-order valence-electron chi connectivity index (χ3n) is 4.71. The number of rotatable bonds is 5. The van der Waals surface area contributed by atoms with Crippen molar-refractivity contribution in [3.63, 3.8) is 0 Å². The largest absolute Gasteiger partial charge is 0.461 e. The van der Waals surface area contributed by atoms with Crippen LogP contribution >= 0.6 is 22.9 Å². The van der Waals surface area contributed by atoms with E-state index in [2.05, 4.69) is 15.7 Å². The summed E-state index contributed by atoms with van der Waals surface area (Å²) in [5.41, 5.74) is 1.51. The van der Waals surface area contributed by atoms with Crippen LogP contribution in [-0.4, -0.2) is 28.4 Å². The smallest absolute Gasteiger partial charge is 0.359 e. The fourth-order valence-electron chi connectivity index (χ4n) is 3.18. The van der Waals surface area contributed by atoms with Crippen LogP contribution in [0.4, 0.5) is 15.5 Å². The molecule has 2 heterocycles. The van der Waals surface area contributed by atoms with E-state index in [0.717, 1.165) is 21.6 Å². The molecule has 0 fully saturated rings. The van der Waals surface area contributed by atoms with Crippen LogP contribution < -0.4 is 16.2 Å². The average Bonchev–Trinajstić information content (AvgIpc) is 3.19. The number of anilines is 2. The number of hydrogen-bond acceptors (Lipinski definition) is 6. The quantitative estimate of drug-likeness (QED) is 0.379. The van der Waals surface area contributed by atoms with Gasteiger partial charge in [-0.25, -0.2) is 9.59 Å². The van der Waals surface area contributed by atoms with Gasteiger partial charge < -0.3 is 10.1 Å². The zero-order valence-corrected chi connectivity index (χ0v) is 19.3. The number of aryl methyl sites for hydroxylation is 1. The highest BCUT2D eigenvalue weighted by molar-refractivity contribution is 7.16. The molecule has 0 aliphatic rings. The van der Waals surface area contributed by atoms with Gasteiger partial charge >= 0.3 is 12.0 Å². The number of nitrogens with one attached hydrogen (secondary N) is 2. The molecule has 0 unspecified atom stereocenters. The van der Waals surface area contributed by atoms with Crippen LogP contribution in [0.25, 0.3) is 16.5 Å². The maximum Gasteiger partial charge on any atom is 0.359 e. The number of ether oxygens (including phenoxy) is 1. The third-order valence-corrected chi connectivity index (χ3v) is 5.84. The van der Waals surface area contributed by atoms with E-state index >= 15 is 0 Å². The lowest BCUT2D eigenvalue weighted by molar-refractivity contribution is 0.0520. The number of aromatic nitrogens is 2. The predicted octanol–water partition coefficient (Wildman–Crippen LogP) is 5.23. The zero-order valence-electron chi connectivity index (χ0n) is 17.7. The highest BCUT2D eigenvalue weighted by Gasteiger charge is 2.23. The number of urea groups is 1. The monoisotopic (exact) mass is 482 g/mol. The molecule has 2 amide bonds. The molecule has 0 saturated heterocycles. The Hall–Kier alpha value is -3.69. The molecule has 0 aliphatic heterocycles. The SMILES string of the molecule is CCOC(=O)c1nn(-c2ccc(C)cc2)c(=O)c2c(NC(=O)Nc3cccc(Cl)c3)scc12. The van der Waals surface area contributed by atoms with Crippen molar-refractivity contribution in [1.82, 2.24) is 9.78 Å². The van der Waals surface area contributed by atoms with Crippen molar-refractivity contribution >= 4 is 56.4 Å². The molecule has 33 heavy (non-hydrogen) atoms. The van der Waals surface area contributed by atoms with E-state index in [1.807, 2.05) is 19.1 Å². The van der Waals surface area contributed by atoms with Gasteiger partial charge in [-0.1, -0.05) is 35.4 Å². The minimum Gasteiger partial charge on any atom is -0.461 e. The summed E-state index contributed by atoms with van der Waals surface area (Å²) in [6.07, 6.45) is 0. The van der Waals surface area contributed by atoms with Gasteiger partial charge in [0.2, 0.25) is 0 Å². The number of benzene rings is 2. The van der Waals surface area contributed by atoms with Gasteiger partial charge in [-0.2, -0.15) is 9.78 Å². The molecule has 4 rings (SSSR count). The van der Waals surface area contributed by atoms with Crippen molar-refractivity contribution in [1.29, 1.82) is 0 Å². The third kappa shape index (κ3) is 4.74. The van der Waals surface area contributed by atoms with E-state index in [4.69, 9.17) is 16.3 Å². The van der Waals surface area contributed by atoms with E-state index in [9.17, 15) is 14.4 Å². The Morgan fingerprint density at radius 2 is 1.91 bits per heavy atom. The first-order chi connectivity index (χ1) is 15.9. The molecular weight excluding hydrogens is 464 g/mol. The molecule has 2 aromatic heterocycles. The summed E-state index contributed by atoms with van der Waals surface area (Å²) in [7, 11) is 0. The summed E-state index contributed by atoms with van der Waals surface area (Å²) < 4.78 is 6.28. The van der Waals surface area contributed by atoms with Gasteiger partial charge in [-0.3, -0.25) is 10.1 Å². The second-order valence-electron chi connectivity index (χ2n) is 7.06. The molecule has 2 N–H and O–H groups in total. The molecule has 0 atom stereocenters. The number of amides is 2. The first-order valence-electron chi connectivity index (χ1n) is 9.99. The van der Waals surface area contributed by atoms with Crippen LogP contribution in [0.15, 0.2) is 58.7 Å². The fourth-order valence-corrected chi connectivity index (χ4v) is 4.31. The van der Waals surface area contributed by atoms with Gasteiger partial charge in [0, 0.05) is 21.5 Å². The summed E-state index contributed by atoms with van der Waals surface area (Å²) in [6.45, 7) is 3.77. The Kier molecular flexibility index (Phi) is 6.43.